The first kappa shape index (κ1) is 96.2. The number of rotatable bonds is 18. The summed E-state index contributed by atoms with van der Waals surface area (Å²) < 4.78 is 84.1. The third-order valence-corrected chi connectivity index (χ3v) is 26.0. The van der Waals surface area contributed by atoms with E-state index in [2.05, 4.69) is 61.5 Å². The molecule has 0 aliphatic carbocycles. The van der Waals surface area contributed by atoms with Crippen LogP contribution in [0.5, 0.6) is 34.5 Å². The van der Waals surface area contributed by atoms with Crippen LogP contribution in [-0.2, 0) is 63.8 Å². The molecule has 4 aromatic heterocycles. The Hall–Kier alpha value is -13.5. The van der Waals surface area contributed by atoms with Crippen LogP contribution in [0.4, 0.5) is 8.78 Å². The Bertz CT molecular complexity index is 7560. The van der Waals surface area contributed by atoms with Gasteiger partial charge in [-0.1, -0.05) is 103 Å². The molecular weight excluding hydrogens is 1740 g/mol. The van der Waals surface area contributed by atoms with Crippen LogP contribution in [0.25, 0.3) is 131 Å². The van der Waals surface area contributed by atoms with Gasteiger partial charge in [-0.05, 0) is 316 Å². The van der Waals surface area contributed by atoms with Crippen molar-refractivity contribution in [2.75, 3.05) is 33.5 Å². The summed E-state index contributed by atoms with van der Waals surface area (Å²) in [7, 11) is 1.67. The Balaban J connectivity index is 0.000000127. The van der Waals surface area contributed by atoms with Gasteiger partial charge in [-0.25, -0.2) is 8.78 Å². The van der Waals surface area contributed by atoms with Gasteiger partial charge >= 0.3 is 0 Å². The zero-order valence-corrected chi connectivity index (χ0v) is 82.4. The Morgan fingerprint density at radius 1 is 0.341 bits per heavy atom. The molecule has 4 aliphatic heterocycles. The Labute approximate surface area is 803 Å². The molecule has 0 radical (unpaired) electrons. The van der Waals surface area contributed by atoms with Crippen molar-refractivity contribution in [2.24, 2.45) is 0 Å². The number of carbonyl (C=O) groups is 4. The molecule has 0 spiro atoms. The van der Waals surface area contributed by atoms with Crippen molar-refractivity contribution in [3.8, 4) is 79.0 Å². The summed E-state index contributed by atoms with van der Waals surface area (Å²) >= 11 is 0. The molecule has 4 atom stereocenters. The highest BCUT2D eigenvalue weighted by Crippen LogP contribution is 2.55. The number of phenolic OH excluding ortho intramolecular Hbond substituents is 1. The number of alkyl halides is 2. The van der Waals surface area contributed by atoms with Gasteiger partial charge in [0.25, 0.3) is 6.43 Å². The van der Waals surface area contributed by atoms with Gasteiger partial charge in [0.05, 0.1) is 78.0 Å². The summed E-state index contributed by atoms with van der Waals surface area (Å²) in [6, 6.07) is 57.7. The van der Waals surface area contributed by atoms with E-state index in [4.69, 9.17) is 62.6 Å². The highest BCUT2D eigenvalue weighted by Gasteiger charge is 2.40. The number of aromatic nitrogens is 4. The predicted molar refractivity (Wildman–Crippen MR) is 545 cm³/mol. The number of fused-ring (bicyclic) bond motifs is 4. The normalized spacial score (nSPS) is 14.3. The maximum atomic E-state index is 14.5. The number of Topliss-reactive ketones (excluding diaryl/α,β-unsaturated/α-hetero) is 4. The molecular formula is C118H118F2N4O14. The van der Waals surface area contributed by atoms with Crippen LogP contribution in [0.3, 0.4) is 0 Å². The molecule has 20 heteroatoms. The van der Waals surface area contributed by atoms with E-state index >= 15 is 0 Å². The largest absolute Gasteiger partial charge is 0.507 e. The first-order valence-electron chi connectivity index (χ1n) is 47.3. The van der Waals surface area contributed by atoms with Crippen LogP contribution in [-0.4, -0.2) is 104 Å². The maximum absolute atomic E-state index is 14.5. The van der Waals surface area contributed by atoms with Crippen molar-refractivity contribution < 1.29 is 75.7 Å². The van der Waals surface area contributed by atoms with Crippen LogP contribution in [0.15, 0.2) is 201 Å². The predicted octanol–water partition coefficient (Wildman–Crippen LogP) is 27.6. The van der Waals surface area contributed by atoms with E-state index in [9.17, 15) is 33.1 Å². The van der Waals surface area contributed by atoms with Gasteiger partial charge in [-0.15, -0.1) is 0 Å². The summed E-state index contributed by atoms with van der Waals surface area (Å²) in [6.07, 6.45) is 4.61. The molecule has 708 valence electrons. The monoisotopic (exact) mass is 1850 g/mol. The van der Waals surface area contributed by atoms with Crippen LogP contribution in [0.2, 0.25) is 0 Å². The summed E-state index contributed by atoms with van der Waals surface area (Å²) in [5.41, 5.74) is 18.7. The number of benzene rings is 12. The van der Waals surface area contributed by atoms with Crippen LogP contribution in [0, 0.1) is 27.7 Å². The lowest BCUT2D eigenvalue weighted by Gasteiger charge is -2.31. The molecule has 4 aliphatic rings. The van der Waals surface area contributed by atoms with Crippen molar-refractivity contribution in [3.63, 3.8) is 0 Å². The lowest BCUT2D eigenvalue weighted by Crippen LogP contribution is -2.27. The maximum Gasteiger partial charge on any atom is 0.264 e. The average molecular weight is 1850 g/mol. The Morgan fingerprint density at radius 2 is 0.623 bits per heavy atom. The zero-order valence-electron chi connectivity index (χ0n) is 82.4. The molecule has 18 nitrogen and oxygen atoms in total. The molecule has 16 aromatic rings. The lowest BCUT2D eigenvalue weighted by molar-refractivity contribution is -0.139. The molecule has 0 bridgehead atoms. The molecule has 0 fully saturated rings. The number of nitrogens with zero attached hydrogens (tertiary/aromatic N) is 4. The number of aromatic hydroxyl groups is 1. The molecule has 0 amide bonds. The molecule has 12 aromatic carbocycles. The third kappa shape index (κ3) is 18.5. The number of aryl methyl sites for hydroxylation is 1. The van der Waals surface area contributed by atoms with Crippen LogP contribution >= 0.6 is 0 Å². The average Bonchev–Trinajstić information content (AvgIpc) is 0.729. The molecule has 138 heavy (non-hydrogen) atoms. The molecule has 4 unspecified atom stereocenters. The smallest absolute Gasteiger partial charge is 0.264 e. The minimum atomic E-state index is -2.72. The van der Waals surface area contributed by atoms with E-state index in [0.29, 0.717) is 65.0 Å². The number of hydrogen-bond acceptors (Lipinski definition) is 18. The van der Waals surface area contributed by atoms with Gasteiger partial charge in [0.1, 0.15) is 58.9 Å². The lowest BCUT2D eigenvalue weighted by atomic mass is 9.82. The molecule has 8 heterocycles. The minimum Gasteiger partial charge on any atom is -0.507 e. The van der Waals surface area contributed by atoms with Gasteiger partial charge < -0.3 is 47.7 Å². The zero-order chi connectivity index (χ0) is 98.2. The van der Waals surface area contributed by atoms with E-state index in [-0.39, 0.29) is 34.4 Å². The number of ether oxygens (including phenoxy) is 9. The van der Waals surface area contributed by atoms with Gasteiger partial charge in [0.15, 0.2) is 23.1 Å². The summed E-state index contributed by atoms with van der Waals surface area (Å²) in [5, 5.41) is 22.1. The van der Waals surface area contributed by atoms with Crippen molar-refractivity contribution in [1.29, 1.82) is 0 Å². The fourth-order valence-corrected chi connectivity index (χ4v) is 20.5. The van der Waals surface area contributed by atoms with Gasteiger partial charge in [-0.3, -0.25) is 39.1 Å². The van der Waals surface area contributed by atoms with Crippen molar-refractivity contribution in [2.45, 2.75) is 217 Å². The number of pyridine rings is 4. The van der Waals surface area contributed by atoms with Gasteiger partial charge in [0, 0.05) is 127 Å². The Morgan fingerprint density at radius 3 is 0.957 bits per heavy atom. The second kappa shape index (κ2) is 38.1. The van der Waals surface area contributed by atoms with E-state index in [1.165, 1.54) is 30.5 Å². The highest BCUT2D eigenvalue weighted by atomic mass is 19.3. The van der Waals surface area contributed by atoms with Gasteiger partial charge in [-0.2, -0.15) is 0 Å². The minimum absolute atomic E-state index is 0.0106. The first-order chi connectivity index (χ1) is 65.7. The van der Waals surface area contributed by atoms with E-state index in [1.54, 1.807) is 46.2 Å². The SMILES string of the molecule is CC(=O)C(OC(C)(C)C)c1c(C)c(C(F)F)c2ccccc2c1-c1ccc2c3c(ccnc13)CCO2.CC(=O)C(OC(C)(C)C)c1c(C)c(O)c2ccccc2c1-c1ccc2c3c(ccnc13)CCO2.CC(=O)C(OC(C)(C)C)c1c(C)cc2ccccc2c1-c1ccc2c3c(ccnc13)CCO2.COc1c(C)c(C(OC(C)(C)C)C(C)=O)c(-c2ccc3c4c(ccnc24)CCO3)c2ccccc12. The molecule has 0 saturated heterocycles. The second-order valence-electron chi connectivity index (χ2n) is 40.2. The molecule has 20 rings (SSSR count). The molecule has 0 saturated carbocycles. The third-order valence-electron chi connectivity index (χ3n) is 26.0. The van der Waals surface area contributed by atoms with Crippen LogP contribution in [0.1, 0.15) is 214 Å². The van der Waals surface area contributed by atoms with Crippen molar-refractivity contribution in [3.05, 3.63) is 273 Å². The van der Waals surface area contributed by atoms with Crippen molar-refractivity contribution >= 4 is 110 Å². The Kier molecular flexibility index (Phi) is 26.6. The number of hydrogen-bond donors (Lipinski definition) is 1. The molecule has 1 N–H and O–H groups in total. The summed E-state index contributed by atoms with van der Waals surface area (Å²) in [6.45, 7) is 39.6. The van der Waals surface area contributed by atoms with Crippen molar-refractivity contribution in [1.82, 2.24) is 19.9 Å². The van der Waals surface area contributed by atoms with E-state index < -0.39 is 53.2 Å². The number of phenols is 1. The summed E-state index contributed by atoms with van der Waals surface area (Å²) in [4.78, 5) is 71.3. The number of methoxy groups -OCH3 is 1. The summed E-state index contributed by atoms with van der Waals surface area (Å²) in [5.74, 6) is 3.78. The van der Waals surface area contributed by atoms with Crippen LogP contribution < -0.4 is 23.7 Å². The fraction of sp³-hybridized carbons (Fsp3) is 0.322. The topological polar surface area (TPSA) is 223 Å². The second-order valence-corrected chi connectivity index (χ2v) is 40.2. The highest BCUT2D eigenvalue weighted by molar-refractivity contribution is 6.15. The standard InChI is InChI=1S/C30H29F2NO3.C30H31NO4.C29H29NO4.C29H29NO3/c1-16-23(29(31)32)19-8-6-7-9-20(19)26(24(16)28(17(2)34)36-30(3,4)5)21-10-11-22-25-18(13-15-35-22)12-14-33-27(21)25;1-17-24(29(18(2)32)35-30(3,4)5)26(20-9-7-8-10-21(20)28(17)33-6)22-11-12-23-25-19(14-16-34-23)13-15-31-27(22)25;1-16-23(28(17(2)31)34-29(3,4)5)25(19-8-6-7-9-20(19)27(16)32)21-10-11-22-24-18(13-15-33-22)12-14-30-26(21)24;1-17-16-20-8-6-7-9-21(20)26(24(17)28(18(2)31)33-29(3,4)5)22-10-11-23-25-19(13-15-32-23)12-14-30-27(22)25/h6-12,14,28-29H,13,15H2,1-5H3;7-13,15,29H,14,16H2,1-6H3;6-12,14,28,32H,13,15H2,1-5H3;6-12,14,16,28H,13,15H2,1-5H3. The quantitative estimate of drug-likeness (QED) is 0.0843. The number of carbonyl (C=O) groups excluding carboxylic acids is 4. The number of halogens is 2. The first-order valence-corrected chi connectivity index (χ1v) is 47.3. The number of ketones is 4. The van der Waals surface area contributed by atoms with E-state index in [1.807, 2.05) is 225 Å². The van der Waals surface area contributed by atoms with Gasteiger partial charge in [0.2, 0.25) is 0 Å². The van der Waals surface area contributed by atoms with E-state index in [0.717, 1.165) is 197 Å². The fourth-order valence-electron chi connectivity index (χ4n) is 20.5.